The summed E-state index contributed by atoms with van der Waals surface area (Å²) >= 11 is 0. The molecular weight excluding hydrogens is 270 g/mol. The molecule has 20 heavy (non-hydrogen) atoms. The summed E-state index contributed by atoms with van der Waals surface area (Å²) in [6.07, 6.45) is 1.12. The van der Waals surface area contributed by atoms with Crippen LogP contribution >= 0.6 is 0 Å². The molecule has 1 unspecified atom stereocenters. The van der Waals surface area contributed by atoms with Gasteiger partial charge in [-0.2, -0.15) is 0 Å². The molecular formula is C11H21N3O6. The minimum absolute atomic E-state index is 0.123. The van der Waals surface area contributed by atoms with Gasteiger partial charge in [-0.05, 0) is 12.8 Å². The first kappa shape index (κ1) is 17.9. The van der Waals surface area contributed by atoms with E-state index in [-0.39, 0.29) is 11.4 Å². The molecule has 0 saturated heterocycles. The molecule has 9 heteroatoms. The number of carboxylic acids is 1. The Balaban J connectivity index is 3.86. The van der Waals surface area contributed by atoms with E-state index in [4.69, 9.17) is 5.11 Å². The van der Waals surface area contributed by atoms with Crippen LogP contribution in [0.3, 0.4) is 0 Å². The first-order valence-corrected chi connectivity index (χ1v) is 6.27. The van der Waals surface area contributed by atoms with Crippen molar-refractivity contribution in [2.75, 3.05) is 13.6 Å². The average molecular weight is 291 g/mol. The van der Waals surface area contributed by atoms with Gasteiger partial charge in [-0.25, -0.2) is 0 Å². The molecule has 0 bridgehead atoms. The number of hydrogen-bond donors (Lipinski definition) is 1. The van der Waals surface area contributed by atoms with Crippen LogP contribution in [0.25, 0.3) is 0 Å². The lowest BCUT2D eigenvalue weighted by Crippen LogP contribution is -2.28. The Morgan fingerprint density at radius 2 is 2.05 bits per heavy atom. The maximum atomic E-state index is 11.4. The topological polar surface area (TPSA) is 114 Å². The Labute approximate surface area is 117 Å². The lowest BCUT2D eigenvalue weighted by Gasteiger charge is -2.13. The first-order chi connectivity index (χ1) is 9.32. The quantitative estimate of drug-likeness (QED) is 0.161. The molecule has 0 saturated carbocycles. The number of hydrogen-bond acceptors (Lipinski definition) is 6. The third-order valence-corrected chi connectivity index (χ3v) is 2.26. The number of ether oxygens (including phenoxy) is 1. The number of aliphatic carboxylic acids is 1. The van der Waals surface area contributed by atoms with Crippen molar-refractivity contribution in [3.05, 3.63) is 5.21 Å². The maximum Gasteiger partial charge on any atom is 0.305 e. The van der Waals surface area contributed by atoms with Gasteiger partial charge in [0.15, 0.2) is 0 Å². The lowest BCUT2D eigenvalue weighted by atomic mass is 10.2. The van der Waals surface area contributed by atoms with Crippen molar-refractivity contribution in [2.24, 2.45) is 5.28 Å². The molecule has 0 aliphatic heterocycles. The highest BCUT2D eigenvalue weighted by atomic mass is 16.8. The Hall–Kier alpha value is -2.06. The van der Waals surface area contributed by atoms with Crippen LogP contribution in [0, 0.1) is 5.21 Å². The number of hydrazine groups is 1. The van der Waals surface area contributed by atoms with Crippen molar-refractivity contribution in [3.8, 4) is 0 Å². The molecule has 1 N–H and O–H groups in total. The number of rotatable bonds is 10. The van der Waals surface area contributed by atoms with Gasteiger partial charge < -0.3 is 15.1 Å². The van der Waals surface area contributed by atoms with Crippen molar-refractivity contribution >= 4 is 11.9 Å². The molecule has 0 rings (SSSR count). The molecule has 1 atom stereocenters. The smallest absolute Gasteiger partial charge is 0.305 e. The predicted molar refractivity (Wildman–Crippen MR) is 67.1 cm³/mol. The van der Waals surface area contributed by atoms with Crippen LogP contribution in [-0.4, -0.2) is 46.9 Å². The second-order valence-electron chi connectivity index (χ2n) is 4.20. The van der Waals surface area contributed by atoms with Gasteiger partial charge in [0.05, 0.1) is 18.6 Å². The second-order valence-corrected chi connectivity index (χ2v) is 4.20. The monoisotopic (exact) mass is 291 g/mol. The number of esters is 1. The molecule has 116 valence electrons. The summed E-state index contributed by atoms with van der Waals surface area (Å²) in [5.41, 5.74) is 0. The van der Waals surface area contributed by atoms with Crippen molar-refractivity contribution < 1.29 is 29.2 Å². The fourth-order valence-corrected chi connectivity index (χ4v) is 1.30. The van der Waals surface area contributed by atoms with Gasteiger partial charge in [-0.15, -0.1) is 5.01 Å². The Morgan fingerprint density at radius 1 is 1.40 bits per heavy atom. The Kier molecular flexibility index (Phi) is 8.80. The fraction of sp³-hybridized carbons (Fsp3) is 0.818. The molecule has 0 aromatic heterocycles. The van der Waals surface area contributed by atoms with Gasteiger partial charge >= 0.3 is 11.9 Å². The van der Waals surface area contributed by atoms with Crippen LogP contribution in [0.2, 0.25) is 0 Å². The van der Waals surface area contributed by atoms with Crippen LogP contribution in [0.1, 0.15) is 39.5 Å². The summed E-state index contributed by atoms with van der Waals surface area (Å²) < 4.78 is 4.62. The number of carbonyl (C=O) groups is 2. The van der Waals surface area contributed by atoms with Gasteiger partial charge in [0, 0.05) is 20.3 Å². The fourth-order valence-electron chi connectivity index (χ4n) is 1.30. The lowest BCUT2D eigenvalue weighted by molar-refractivity contribution is -0.707. The predicted octanol–water partition coefficient (Wildman–Crippen LogP) is 1.28. The maximum absolute atomic E-state index is 11.4. The number of unbranched alkanes of at least 4 members (excludes halogenated alkanes) is 2. The normalized spacial score (nSPS) is 12.7. The van der Waals surface area contributed by atoms with E-state index in [0.717, 1.165) is 0 Å². The van der Waals surface area contributed by atoms with E-state index in [9.17, 15) is 14.8 Å². The third-order valence-electron chi connectivity index (χ3n) is 2.26. The van der Waals surface area contributed by atoms with Crippen molar-refractivity contribution in [1.29, 1.82) is 0 Å². The molecule has 0 heterocycles. The first-order valence-electron chi connectivity index (χ1n) is 6.27. The highest BCUT2D eigenvalue weighted by Crippen LogP contribution is 2.02. The van der Waals surface area contributed by atoms with E-state index in [1.54, 1.807) is 0 Å². The standard InChI is InChI=1S/C11H21N3O6/c1-9(15)19-10(2)20-12-14(18)13(3)8-6-4-5-7-11(16)17/h10H,4-8H2,1-3H3,(H,16,17)/b14-12+. The van der Waals surface area contributed by atoms with Crippen LogP contribution in [0.15, 0.2) is 5.28 Å². The summed E-state index contributed by atoms with van der Waals surface area (Å²) in [6.45, 7) is 3.07. The SMILES string of the molecule is CC(=O)OC(C)O/N=[N+](/[O-])N(C)CCCCCC(=O)O. The molecule has 0 aliphatic carbocycles. The van der Waals surface area contributed by atoms with Crippen molar-refractivity contribution in [3.63, 3.8) is 0 Å². The van der Waals surface area contributed by atoms with Crippen LogP contribution in [-0.2, 0) is 19.2 Å². The van der Waals surface area contributed by atoms with Gasteiger partial charge in [-0.1, -0.05) is 6.42 Å². The summed E-state index contributed by atoms with van der Waals surface area (Å²) in [6, 6.07) is 0. The summed E-state index contributed by atoms with van der Waals surface area (Å²) in [4.78, 5) is 25.8. The van der Waals surface area contributed by atoms with Gasteiger partial charge in [0.2, 0.25) is 5.28 Å². The van der Waals surface area contributed by atoms with Crippen molar-refractivity contribution in [1.82, 2.24) is 5.01 Å². The molecule has 0 fully saturated rings. The zero-order valence-electron chi connectivity index (χ0n) is 11.9. The molecule has 0 aromatic carbocycles. The number of nitrogens with zero attached hydrogens (tertiary/aromatic N) is 3. The summed E-state index contributed by atoms with van der Waals surface area (Å²) in [7, 11) is 1.52. The number of carbonyl (C=O) groups excluding carboxylic acids is 1. The zero-order valence-corrected chi connectivity index (χ0v) is 11.9. The molecule has 0 aliphatic rings. The second kappa shape index (κ2) is 9.82. The molecule has 0 amide bonds. The summed E-state index contributed by atoms with van der Waals surface area (Å²) in [5, 5.41) is 24.4. The molecule has 0 spiro atoms. The van der Waals surface area contributed by atoms with E-state index in [2.05, 4.69) is 14.9 Å². The van der Waals surface area contributed by atoms with E-state index in [0.29, 0.717) is 25.8 Å². The third kappa shape index (κ3) is 9.92. The van der Waals surface area contributed by atoms with Crippen molar-refractivity contribution in [2.45, 2.75) is 45.8 Å². The van der Waals surface area contributed by atoms with E-state index >= 15 is 0 Å². The minimum atomic E-state index is -0.937. The highest BCUT2D eigenvalue weighted by molar-refractivity contribution is 5.66. The zero-order chi connectivity index (χ0) is 15.5. The van der Waals surface area contributed by atoms with E-state index in [1.807, 2.05) is 0 Å². The average Bonchev–Trinajstić information content (AvgIpc) is 2.34. The van der Waals surface area contributed by atoms with Gasteiger partial charge in [-0.3, -0.25) is 14.4 Å². The van der Waals surface area contributed by atoms with Crippen LogP contribution in [0.4, 0.5) is 0 Å². The van der Waals surface area contributed by atoms with Crippen LogP contribution < -0.4 is 0 Å². The van der Waals surface area contributed by atoms with Gasteiger partial charge in [0.1, 0.15) is 0 Å². The molecule has 9 nitrogen and oxygen atoms in total. The minimum Gasteiger partial charge on any atom is -0.569 e. The largest absolute Gasteiger partial charge is 0.569 e. The van der Waals surface area contributed by atoms with Crippen LogP contribution in [0.5, 0.6) is 0 Å². The number of carboxylic acid groups (broad SMARTS) is 1. The van der Waals surface area contributed by atoms with Gasteiger partial charge in [0.25, 0.3) is 6.29 Å². The molecule has 0 aromatic rings. The Morgan fingerprint density at radius 3 is 2.60 bits per heavy atom. The van der Waals surface area contributed by atoms with E-state index in [1.165, 1.54) is 25.9 Å². The summed E-state index contributed by atoms with van der Waals surface area (Å²) in [5.74, 6) is -1.36. The van der Waals surface area contributed by atoms with E-state index < -0.39 is 18.2 Å². The Bertz CT molecular complexity index is 347. The molecule has 0 radical (unpaired) electrons. The highest BCUT2D eigenvalue weighted by Gasteiger charge is 2.10.